The quantitative estimate of drug-likeness (QED) is 0.573. The third-order valence-electron chi connectivity index (χ3n) is 2.66. The van der Waals surface area contributed by atoms with Crippen LogP contribution in [0.15, 0.2) is 53.8 Å². The Morgan fingerprint density at radius 2 is 1.95 bits per heavy atom. The second-order valence-corrected chi connectivity index (χ2v) is 4.55. The number of aromatic amines is 1. The molecule has 0 fully saturated rings. The van der Waals surface area contributed by atoms with Crippen molar-refractivity contribution in [1.82, 2.24) is 20.2 Å². The lowest BCUT2D eigenvalue weighted by atomic mass is 10.2. The van der Waals surface area contributed by atoms with Crippen LogP contribution in [0.2, 0.25) is 5.15 Å². The highest BCUT2D eigenvalue weighted by atomic mass is 35.5. The normalized spacial score (nSPS) is 10.9. The van der Waals surface area contributed by atoms with Gasteiger partial charge in [0.15, 0.2) is 11.0 Å². The van der Waals surface area contributed by atoms with E-state index in [2.05, 4.69) is 30.7 Å². The molecule has 0 aliphatic heterocycles. The van der Waals surface area contributed by atoms with Crippen LogP contribution in [0.1, 0.15) is 5.69 Å². The van der Waals surface area contributed by atoms with Gasteiger partial charge in [0.05, 0.1) is 18.1 Å². The molecule has 0 bridgehead atoms. The molecule has 2 heterocycles. The first-order valence-corrected chi connectivity index (χ1v) is 6.58. The molecule has 3 aromatic rings. The van der Waals surface area contributed by atoms with Crippen molar-refractivity contribution in [3.8, 4) is 11.4 Å². The van der Waals surface area contributed by atoms with Crippen LogP contribution < -0.4 is 5.43 Å². The Labute approximate surface area is 125 Å². The molecule has 0 spiro atoms. The Kier molecular flexibility index (Phi) is 3.88. The maximum absolute atomic E-state index is 5.65. The van der Waals surface area contributed by atoms with Crippen LogP contribution in [0.5, 0.6) is 0 Å². The van der Waals surface area contributed by atoms with Crippen molar-refractivity contribution in [3.05, 3.63) is 59.5 Å². The maximum atomic E-state index is 5.65. The molecule has 2 N–H and O–H groups in total. The highest BCUT2D eigenvalue weighted by molar-refractivity contribution is 6.29. The number of halogens is 1. The van der Waals surface area contributed by atoms with Gasteiger partial charge in [-0.25, -0.2) is 4.98 Å². The van der Waals surface area contributed by atoms with E-state index in [1.165, 1.54) is 0 Å². The average Bonchev–Trinajstić information content (AvgIpc) is 2.99. The number of hydrogen-bond donors (Lipinski definition) is 2. The van der Waals surface area contributed by atoms with E-state index >= 15 is 0 Å². The molecule has 0 amide bonds. The minimum Gasteiger partial charge on any atom is -0.337 e. The van der Waals surface area contributed by atoms with Gasteiger partial charge in [0, 0.05) is 5.56 Å². The van der Waals surface area contributed by atoms with Gasteiger partial charge in [-0.05, 0) is 12.1 Å². The average molecular weight is 299 g/mol. The summed E-state index contributed by atoms with van der Waals surface area (Å²) in [6, 6.07) is 13.2. The summed E-state index contributed by atoms with van der Waals surface area (Å²) in [5.41, 5.74) is 4.56. The molecule has 6 nitrogen and oxygen atoms in total. The van der Waals surface area contributed by atoms with Crippen molar-refractivity contribution < 1.29 is 0 Å². The van der Waals surface area contributed by atoms with E-state index in [1.54, 1.807) is 24.5 Å². The lowest BCUT2D eigenvalue weighted by Gasteiger charge is -1.96. The molecule has 1 aromatic carbocycles. The highest BCUT2D eigenvalue weighted by Gasteiger charge is 2.01. The summed E-state index contributed by atoms with van der Waals surface area (Å²) in [5.74, 6) is 1.31. The minimum atomic E-state index is 0.339. The van der Waals surface area contributed by atoms with Gasteiger partial charge in [-0.3, -0.25) is 5.43 Å². The van der Waals surface area contributed by atoms with Crippen LogP contribution in [0.3, 0.4) is 0 Å². The van der Waals surface area contributed by atoms with Gasteiger partial charge in [-0.2, -0.15) is 5.10 Å². The number of imidazole rings is 1. The lowest BCUT2D eigenvalue weighted by molar-refractivity contribution is 1.02. The maximum Gasteiger partial charge on any atom is 0.168 e. The molecule has 7 heteroatoms. The van der Waals surface area contributed by atoms with Crippen molar-refractivity contribution in [2.75, 3.05) is 5.43 Å². The molecule has 0 atom stereocenters. The summed E-state index contributed by atoms with van der Waals surface area (Å²) in [5, 5.41) is 11.9. The zero-order valence-corrected chi connectivity index (χ0v) is 11.6. The molecule has 104 valence electrons. The third-order valence-corrected chi connectivity index (χ3v) is 2.86. The molecule has 0 aliphatic rings. The van der Waals surface area contributed by atoms with Crippen molar-refractivity contribution in [3.63, 3.8) is 0 Å². The first-order chi connectivity index (χ1) is 10.3. The van der Waals surface area contributed by atoms with Crippen molar-refractivity contribution >= 4 is 23.6 Å². The highest BCUT2D eigenvalue weighted by Crippen LogP contribution is 2.14. The standard InChI is InChI=1S/C14H11ClN6/c15-12-6-7-13(21-19-12)20-17-9-11-8-16-14(18-11)10-4-2-1-3-5-10/h1-9H,(H,16,18)(H,20,21)/b17-9+. The summed E-state index contributed by atoms with van der Waals surface area (Å²) in [4.78, 5) is 7.47. The van der Waals surface area contributed by atoms with Crippen LogP contribution >= 0.6 is 11.6 Å². The monoisotopic (exact) mass is 298 g/mol. The van der Waals surface area contributed by atoms with Crippen LogP contribution in [-0.2, 0) is 0 Å². The summed E-state index contributed by atoms with van der Waals surface area (Å²) in [6.07, 6.45) is 3.33. The molecular weight excluding hydrogens is 288 g/mol. The molecular formula is C14H11ClN6. The number of nitrogens with one attached hydrogen (secondary N) is 2. The second-order valence-electron chi connectivity index (χ2n) is 4.16. The number of anilines is 1. The molecule has 0 aliphatic carbocycles. The number of aromatic nitrogens is 4. The van der Waals surface area contributed by atoms with Crippen molar-refractivity contribution in [2.24, 2.45) is 5.10 Å². The predicted molar refractivity (Wildman–Crippen MR) is 82.3 cm³/mol. The van der Waals surface area contributed by atoms with Crippen molar-refractivity contribution in [1.29, 1.82) is 0 Å². The van der Waals surface area contributed by atoms with Gasteiger partial charge in [-0.1, -0.05) is 41.9 Å². The summed E-state index contributed by atoms with van der Waals surface area (Å²) >= 11 is 5.65. The summed E-state index contributed by atoms with van der Waals surface area (Å²) in [6.45, 7) is 0. The van der Waals surface area contributed by atoms with Gasteiger partial charge in [-0.15, -0.1) is 10.2 Å². The Morgan fingerprint density at radius 3 is 2.71 bits per heavy atom. The Morgan fingerprint density at radius 1 is 1.10 bits per heavy atom. The van der Waals surface area contributed by atoms with Gasteiger partial charge in [0.2, 0.25) is 0 Å². The van der Waals surface area contributed by atoms with E-state index in [0.29, 0.717) is 11.0 Å². The Hall–Kier alpha value is -2.73. The predicted octanol–water partition coefficient (Wildman–Crippen LogP) is 2.97. The molecule has 0 radical (unpaired) electrons. The van der Waals surface area contributed by atoms with Gasteiger partial charge in [0.25, 0.3) is 0 Å². The number of rotatable bonds is 4. The smallest absolute Gasteiger partial charge is 0.168 e. The second kappa shape index (κ2) is 6.15. The molecule has 21 heavy (non-hydrogen) atoms. The fourth-order valence-corrected chi connectivity index (χ4v) is 1.79. The van der Waals surface area contributed by atoms with Crippen LogP contribution in [0.4, 0.5) is 5.82 Å². The zero-order chi connectivity index (χ0) is 14.5. The number of hydrazone groups is 1. The topological polar surface area (TPSA) is 78.9 Å². The van der Waals surface area contributed by atoms with Crippen molar-refractivity contribution in [2.45, 2.75) is 0 Å². The van der Waals surface area contributed by atoms with Crippen LogP contribution in [-0.4, -0.2) is 26.4 Å². The largest absolute Gasteiger partial charge is 0.337 e. The van der Waals surface area contributed by atoms with Gasteiger partial charge < -0.3 is 4.98 Å². The minimum absolute atomic E-state index is 0.339. The Balaban J connectivity index is 1.67. The fraction of sp³-hybridized carbons (Fsp3) is 0. The van der Waals surface area contributed by atoms with Crippen LogP contribution in [0, 0.1) is 0 Å². The SMILES string of the molecule is Clc1ccc(N/N=C/c2cnc(-c3ccccc3)[nH]2)nn1. The van der Waals surface area contributed by atoms with Crippen LogP contribution in [0.25, 0.3) is 11.4 Å². The number of benzene rings is 1. The number of nitrogens with zero attached hydrogens (tertiary/aromatic N) is 4. The molecule has 0 saturated carbocycles. The first-order valence-electron chi connectivity index (χ1n) is 6.20. The fourth-order valence-electron chi connectivity index (χ4n) is 1.69. The van der Waals surface area contributed by atoms with E-state index < -0.39 is 0 Å². The van der Waals surface area contributed by atoms with Gasteiger partial charge in [0.1, 0.15) is 5.82 Å². The zero-order valence-electron chi connectivity index (χ0n) is 10.9. The summed E-state index contributed by atoms with van der Waals surface area (Å²) < 4.78 is 0. The first kappa shape index (κ1) is 13.3. The van der Waals surface area contributed by atoms with Gasteiger partial charge >= 0.3 is 0 Å². The van der Waals surface area contributed by atoms with E-state index in [0.717, 1.165) is 17.1 Å². The molecule has 3 rings (SSSR count). The van der Waals surface area contributed by atoms with E-state index in [1.807, 2.05) is 30.3 Å². The molecule has 0 unspecified atom stereocenters. The number of hydrogen-bond acceptors (Lipinski definition) is 5. The number of H-pyrrole nitrogens is 1. The lowest BCUT2D eigenvalue weighted by Crippen LogP contribution is -1.95. The third kappa shape index (κ3) is 3.43. The molecule has 0 saturated heterocycles. The Bertz CT molecular complexity index is 736. The van der Waals surface area contributed by atoms with E-state index in [4.69, 9.17) is 11.6 Å². The summed E-state index contributed by atoms with van der Waals surface area (Å²) in [7, 11) is 0. The van der Waals surface area contributed by atoms with E-state index in [9.17, 15) is 0 Å². The van der Waals surface area contributed by atoms with E-state index in [-0.39, 0.29) is 0 Å². The molecule has 2 aromatic heterocycles.